The first kappa shape index (κ1) is 14.4. The van der Waals surface area contributed by atoms with Gasteiger partial charge < -0.3 is 10.5 Å². The number of rotatable bonds is 3. The Morgan fingerprint density at radius 3 is 2.57 bits per heavy atom. The summed E-state index contributed by atoms with van der Waals surface area (Å²) >= 11 is 3.64. The number of nitrogens with two attached hydrogens (primary N) is 1. The number of anilines is 1. The summed E-state index contributed by atoms with van der Waals surface area (Å²) in [5.41, 5.74) is 9.16. The maximum atomic E-state index is 5.90. The largest absolute Gasteiger partial charge is 0.495 e. The molecule has 112 valence electrons. The van der Waals surface area contributed by atoms with Crippen molar-refractivity contribution in [1.29, 1.82) is 0 Å². The van der Waals surface area contributed by atoms with Gasteiger partial charge in [0.15, 0.2) is 0 Å². The Hall–Kier alpha value is -1.49. The van der Waals surface area contributed by atoms with Crippen molar-refractivity contribution in [2.24, 2.45) is 7.05 Å². The van der Waals surface area contributed by atoms with E-state index in [1.807, 2.05) is 13.1 Å². The molecule has 1 aromatic carbocycles. The molecule has 2 aromatic rings. The molecular weight excluding hydrogens is 330 g/mol. The lowest BCUT2D eigenvalue weighted by atomic mass is 9.94. The average molecular weight is 350 g/mol. The first-order chi connectivity index (χ1) is 10.1. The van der Waals surface area contributed by atoms with Crippen LogP contribution in [0.4, 0.5) is 5.82 Å². The molecule has 2 N–H and O–H groups in total. The number of benzene rings is 1. The summed E-state index contributed by atoms with van der Waals surface area (Å²) < 4.78 is 8.29. The molecule has 1 fully saturated rings. The van der Waals surface area contributed by atoms with Crippen LogP contribution in [0.15, 0.2) is 22.7 Å². The standard InChI is InChI=1S/C16H20BrN3O/c1-20-15(18)9-14(19-20)11-7-12(10-5-3-4-6-10)16(21-2)13(17)8-11/h7-10H,3-6,18H2,1-2H3. The lowest BCUT2D eigenvalue weighted by molar-refractivity contribution is 0.403. The summed E-state index contributed by atoms with van der Waals surface area (Å²) in [5, 5.41) is 4.47. The molecule has 0 saturated heterocycles. The van der Waals surface area contributed by atoms with Crippen molar-refractivity contribution in [3.8, 4) is 17.0 Å². The summed E-state index contributed by atoms with van der Waals surface area (Å²) in [6.45, 7) is 0. The van der Waals surface area contributed by atoms with Crippen LogP contribution in [0.25, 0.3) is 11.3 Å². The van der Waals surface area contributed by atoms with E-state index in [9.17, 15) is 0 Å². The fourth-order valence-corrected chi connectivity index (χ4v) is 3.78. The van der Waals surface area contributed by atoms with Crippen molar-refractivity contribution < 1.29 is 4.74 Å². The molecule has 0 unspecified atom stereocenters. The highest BCUT2D eigenvalue weighted by Crippen LogP contribution is 2.43. The van der Waals surface area contributed by atoms with Crippen molar-refractivity contribution >= 4 is 21.7 Å². The lowest BCUT2D eigenvalue weighted by Gasteiger charge is -2.17. The Bertz CT molecular complexity index is 640. The lowest BCUT2D eigenvalue weighted by Crippen LogP contribution is -1.99. The Kier molecular flexibility index (Phi) is 3.93. The first-order valence-corrected chi connectivity index (χ1v) is 8.06. The van der Waals surface area contributed by atoms with E-state index in [1.165, 1.54) is 31.2 Å². The summed E-state index contributed by atoms with van der Waals surface area (Å²) in [5.74, 6) is 2.20. The van der Waals surface area contributed by atoms with E-state index in [-0.39, 0.29) is 0 Å². The maximum Gasteiger partial charge on any atom is 0.136 e. The highest BCUT2D eigenvalue weighted by atomic mass is 79.9. The molecule has 1 heterocycles. The van der Waals surface area contributed by atoms with Crippen molar-refractivity contribution in [3.05, 3.63) is 28.2 Å². The van der Waals surface area contributed by atoms with Gasteiger partial charge in [-0.05, 0) is 52.4 Å². The smallest absolute Gasteiger partial charge is 0.136 e. The molecule has 0 spiro atoms. The first-order valence-electron chi connectivity index (χ1n) is 7.27. The maximum absolute atomic E-state index is 5.90. The van der Waals surface area contributed by atoms with Crippen LogP contribution in [-0.2, 0) is 7.05 Å². The van der Waals surface area contributed by atoms with Crippen LogP contribution < -0.4 is 10.5 Å². The van der Waals surface area contributed by atoms with Crippen molar-refractivity contribution in [1.82, 2.24) is 9.78 Å². The molecule has 21 heavy (non-hydrogen) atoms. The molecule has 1 aliphatic rings. The van der Waals surface area contributed by atoms with E-state index >= 15 is 0 Å². The molecule has 5 heteroatoms. The van der Waals surface area contributed by atoms with Crippen molar-refractivity contribution in [2.45, 2.75) is 31.6 Å². The van der Waals surface area contributed by atoms with Gasteiger partial charge >= 0.3 is 0 Å². The van der Waals surface area contributed by atoms with Crippen molar-refractivity contribution in [3.63, 3.8) is 0 Å². The topological polar surface area (TPSA) is 53.1 Å². The van der Waals surface area contributed by atoms with Crippen LogP contribution in [0.5, 0.6) is 5.75 Å². The monoisotopic (exact) mass is 349 g/mol. The van der Waals surface area contributed by atoms with Gasteiger partial charge in [0.1, 0.15) is 11.6 Å². The van der Waals surface area contributed by atoms with Crippen LogP contribution in [0.1, 0.15) is 37.2 Å². The van der Waals surface area contributed by atoms with Gasteiger partial charge in [-0.2, -0.15) is 5.10 Å². The Morgan fingerprint density at radius 1 is 1.29 bits per heavy atom. The SMILES string of the molecule is COc1c(Br)cc(-c2cc(N)n(C)n2)cc1C1CCCC1. The van der Waals surface area contributed by atoms with Crippen LogP contribution in [0.3, 0.4) is 0 Å². The predicted octanol–water partition coefficient (Wildman–Crippen LogP) is 4.10. The zero-order valence-corrected chi connectivity index (χ0v) is 14.0. The summed E-state index contributed by atoms with van der Waals surface area (Å²) in [7, 11) is 3.59. The Labute approximate surface area is 133 Å². The number of nitrogens with zero attached hydrogens (tertiary/aromatic N) is 2. The molecule has 0 atom stereocenters. The third-order valence-electron chi connectivity index (χ3n) is 4.28. The molecule has 3 rings (SSSR count). The average Bonchev–Trinajstić information content (AvgIpc) is 3.09. The second kappa shape index (κ2) is 5.72. The third kappa shape index (κ3) is 2.67. The van der Waals surface area contributed by atoms with Gasteiger partial charge in [0.25, 0.3) is 0 Å². The fourth-order valence-electron chi connectivity index (χ4n) is 3.14. The van der Waals surface area contributed by atoms with E-state index < -0.39 is 0 Å². The molecule has 0 aliphatic heterocycles. The van der Waals surface area contributed by atoms with Crippen LogP contribution in [0.2, 0.25) is 0 Å². The molecular formula is C16H20BrN3O. The Balaban J connectivity index is 2.09. The molecule has 4 nitrogen and oxygen atoms in total. The minimum Gasteiger partial charge on any atom is -0.495 e. The zero-order chi connectivity index (χ0) is 15.0. The number of halogens is 1. The number of hydrogen-bond acceptors (Lipinski definition) is 3. The number of hydrogen-bond donors (Lipinski definition) is 1. The van der Waals surface area contributed by atoms with E-state index in [0.29, 0.717) is 11.7 Å². The van der Waals surface area contributed by atoms with Crippen LogP contribution in [-0.4, -0.2) is 16.9 Å². The van der Waals surface area contributed by atoms with E-state index in [4.69, 9.17) is 10.5 Å². The molecule has 0 radical (unpaired) electrons. The van der Waals surface area contributed by atoms with Gasteiger partial charge in [0, 0.05) is 18.7 Å². The number of ether oxygens (including phenoxy) is 1. The molecule has 1 aromatic heterocycles. The van der Waals surface area contributed by atoms with Crippen molar-refractivity contribution in [2.75, 3.05) is 12.8 Å². The van der Waals surface area contributed by atoms with Crippen LogP contribution >= 0.6 is 15.9 Å². The quantitative estimate of drug-likeness (QED) is 0.907. The molecule has 1 aliphatic carbocycles. The van der Waals surface area contributed by atoms with Gasteiger partial charge in [-0.15, -0.1) is 0 Å². The minimum absolute atomic E-state index is 0.581. The Morgan fingerprint density at radius 2 is 2.00 bits per heavy atom. The predicted molar refractivity (Wildman–Crippen MR) is 88.5 cm³/mol. The highest BCUT2D eigenvalue weighted by Gasteiger charge is 2.23. The molecule has 1 saturated carbocycles. The normalized spacial score (nSPS) is 15.6. The summed E-state index contributed by atoms with van der Waals surface area (Å²) in [6, 6.07) is 6.17. The number of aromatic nitrogens is 2. The molecule has 0 amide bonds. The van der Waals surface area contributed by atoms with Gasteiger partial charge in [-0.3, -0.25) is 4.68 Å². The van der Waals surface area contributed by atoms with Gasteiger partial charge in [-0.1, -0.05) is 12.8 Å². The second-order valence-corrected chi connectivity index (χ2v) is 6.49. The van der Waals surface area contributed by atoms with Gasteiger partial charge in [0.05, 0.1) is 17.3 Å². The number of methoxy groups -OCH3 is 1. The van der Waals surface area contributed by atoms with Gasteiger partial charge in [0.2, 0.25) is 0 Å². The second-order valence-electron chi connectivity index (χ2n) is 5.64. The summed E-state index contributed by atoms with van der Waals surface area (Å²) in [6.07, 6.45) is 5.06. The van der Waals surface area contributed by atoms with Crippen LogP contribution in [0, 0.1) is 0 Å². The van der Waals surface area contributed by atoms with E-state index in [0.717, 1.165) is 21.5 Å². The zero-order valence-electron chi connectivity index (χ0n) is 12.4. The highest BCUT2D eigenvalue weighted by molar-refractivity contribution is 9.10. The minimum atomic E-state index is 0.581. The number of aryl methyl sites for hydroxylation is 1. The fraction of sp³-hybridized carbons (Fsp3) is 0.438. The van der Waals surface area contributed by atoms with E-state index in [2.05, 4.69) is 33.2 Å². The van der Waals surface area contributed by atoms with E-state index in [1.54, 1.807) is 11.8 Å². The summed E-state index contributed by atoms with van der Waals surface area (Å²) in [4.78, 5) is 0. The van der Waals surface area contributed by atoms with Gasteiger partial charge in [-0.25, -0.2) is 0 Å². The molecule has 0 bridgehead atoms. The number of nitrogen functional groups attached to an aromatic ring is 1. The third-order valence-corrected chi connectivity index (χ3v) is 4.87.